The molecule has 1 atom stereocenters. The van der Waals surface area contributed by atoms with Crippen LogP contribution in [-0.2, 0) is 16.6 Å². The maximum absolute atomic E-state index is 12.5. The van der Waals surface area contributed by atoms with Crippen molar-refractivity contribution < 1.29 is 13.2 Å². The van der Waals surface area contributed by atoms with E-state index in [1.807, 2.05) is 19.1 Å². The Hall–Kier alpha value is -2.38. The topological polar surface area (TPSA) is 69.7 Å². The summed E-state index contributed by atoms with van der Waals surface area (Å²) in [5.41, 5.74) is 3.26. The minimum absolute atomic E-state index is 0.125. The van der Waals surface area contributed by atoms with E-state index < -0.39 is 10.2 Å². The summed E-state index contributed by atoms with van der Waals surface area (Å²) in [6, 6.07) is 14.5. The molecular formula is C20H27N3O3S. The van der Waals surface area contributed by atoms with E-state index in [-0.39, 0.29) is 11.9 Å². The number of nitrogens with one attached hydrogen (secondary N) is 1. The molecule has 2 aromatic rings. The van der Waals surface area contributed by atoms with Crippen molar-refractivity contribution in [3.05, 3.63) is 65.2 Å². The Balaban J connectivity index is 2.08. The van der Waals surface area contributed by atoms with Gasteiger partial charge < -0.3 is 5.32 Å². The van der Waals surface area contributed by atoms with Crippen LogP contribution >= 0.6 is 0 Å². The minimum Gasteiger partial charge on any atom is -0.346 e. The molecule has 0 heterocycles. The number of anilines is 1. The lowest BCUT2D eigenvalue weighted by molar-refractivity contribution is 0.0940. The first kappa shape index (κ1) is 20.9. The number of nitrogens with zero attached hydrogens (tertiary/aromatic N) is 2. The summed E-state index contributed by atoms with van der Waals surface area (Å²) >= 11 is 0. The summed E-state index contributed by atoms with van der Waals surface area (Å²) in [6.45, 7) is 4.04. The molecule has 1 amide bonds. The van der Waals surface area contributed by atoms with Crippen molar-refractivity contribution in [1.82, 2.24) is 9.62 Å². The lowest BCUT2D eigenvalue weighted by Gasteiger charge is -2.23. The Morgan fingerprint density at radius 1 is 1.00 bits per heavy atom. The highest BCUT2D eigenvalue weighted by molar-refractivity contribution is 7.90. The summed E-state index contributed by atoms with van der Waals surface area (Å²) in [5, 5.41) is 2.97. The van der Waals surface area contributed by atoms with Crippen LogP contribution < -0.4 is 9.62 Å². The van der Waals surface area contributed by atoms with Crippen LogP contribution in [0, 0.1) is 0 Å². The Bertz CT molecular complexity index is 876. The van der Waals surface area contributed by atoms with Gasteiger partial charge in [-0.3, -0.25) is 9.10 Å². The zero-order valence-electron chi connectivity index (χ0n) is 16.4. The molecule has 0 saturated heterocycles. The quantitative estimate of drug-likeness (QED) is 0.791. The van der Waals surface area contributed by atoms with Crippen molar-refractivity contribution in [2.24, 2.45) is 0 Å². The smallest absolute Gasteiger partial charge is 0.303 e. The molecule has 0 saturated carbocycles. The molecule has 0 spiro atoms. The van der Waals surface area contributed by atoms with Gasteiger partial charge in [-0.2, -0.15) is 12.7 Å². The van der Waals surface area contributed by atoms with Gasteiger partial charge in [0.15, 0.2) is 0 Å². The molecule has 0 fully saturated rings. The minimum atomic E-state index is -3.56. The van der Waals surface area contributed by atoms with Gasteiger partial charge in [0.05, 0.1) is 11.7 Å². The number of carbonyl (C=O) groups excluding carboxylic acids is 1. The van der Waals surface area contributed by atoms with Gasteiger partial charge in [0.25, 0.3) is 5.91 Å². The molecule has 2 rings (SSSR count). The number of hydrogen-bond donors (Lipinski definition) is 1. The molecule has 1 unspecified atom stereocenters. The van der Waals surface area contributed by atoms with Crippen LogP contribution in [0.15, 0.2) is 48.5 Å². The average Bonchev–Trinajstić information content (AvgIpc) is 2.67. The van der Waals surface area contributed by atoms with Crippen LogP contribution in [0.3, 0.4) is 0 Å². The molecule has 0 aliphatic carbocycles. The first-order valence-electron chi connectivity index (χ1n) is 8.83. The molecule has 6 nitrogen and oxygen atoms in total. The van der Waals surface area contributed by atoms with Crippen LogP contribution in [0.25, 0.3) is 0 Å². The molecule has 146 valence electrons. The second-order valence-corrected chi connectivity index (χ2v) is 8.77. The maximum atomic E-state index is 12.5. The predicted molar refractivity (Wildman–Crippen MR) is 109 cm³/mol. The van der Waals surface area contributed by atoms with Gasteiger partial charge in [-0.1, -0.05) is 31.2 Å². The van der Waals surface area contributed by atoms with Crippen molar-refractivity contribution in [2.45, 2.75) is 26.3 Å². The van der Waals surface area contributed by atoms with E-state index >= 15 is 0 Å². The Morgan fingerprint density at radius 3 is 2.04 bits per heavy atom. The van der Waals surface area contributed by atoms with Gasteiger partial charge in [0.1, 0.15) is 0 Å². The van der Waals surface area contributed by atoms with E-state index in [9.17, 15) is 13.2 Å². The molecule has 0 aromatic heterocycles. The van der Waals surface area contributed by atoms with Gasteiger partial charge in [-0.15, -0.1) is 0 Å². The fourth-order valence-electron chi connectivity index (χ4n) is 2.61. The fourth-order valence-corrected chi connectivity index (χ4v) is 3.48. The highest BCUT2D eigenvalue weighted by Crippen LogP contribution is 2.19. The highest BCUT2D eigenvalue weighted by atomic mass is 32.2. The fraction of sp³-hybridized carbons (Fsp3) is 0.350. The van der Waals surface area contributed by atoms with E-state index in [1.165, 1.54) is 31.0 Å². The van der Waals surface area contributed by atoms with Crippen molar-refractivity contribution in [1.29, 1.82) is 0 Å². The maximum Gasteiger partial charge on any atom is 0.303 e. The van der Waals surface area contributed by atoms with Crippen LogP contribution in [0.2, 0.25) is 0 Å². The van der Waals surface area contributed by atoms with Crippen molar-refractivity contribution >= 4 is 21.8 Å². The van der Waals surface area contributed by atoms with Gasteiger partial charge in [0.2, 0.25) is 0 Å². The van der Waals surface area contributed by atoms with Gasteiger partial charge in [-0.05, 0) is 48.7 Å². The van der Waals surface area contributed by atoms with Gasteiger partial charge in [0, 0.05) is 26.7 Å². The third-order valence-corrected chi connectivity index (χ3v) is 6.36. The normalized spacial score (nSPS) is 12.7. The standard InChI is InChI=1S/C20H27N3O3S/c1-6-16-7-9-17(10-8-16)15(2)21-20(24)18-11-13-19(14-12-18)23(5)27(25,26)22(3)4/h7-15H,6H2,1-5H3,(H,21,24). The summed E-state index contributed by atoms with van der Waals surface area (Å²) in [6.07, 6.45) is 0.978. The lowest BCUT2D eigenvalue weighted by Crippen LogP contribution is -2.37. The second kappa shape index (κ2) is 8.54. The SMILES string of the molecule is CCc1ccc(C(C)NC(=O)c2ccc(N(C)S(=O)(=O)N(C)C)cc2)cc1. The Kier molecular flexibility index (Phi) is 6.62. The van der Waals surface area contributed by atoms with Gasteiger partial charge >= 0.3 is 10.2 Å². The molecule has 0 bridgehead atoms. The highest BCUT2D eigenvalue weighted by Gasteiger charge is 2.21. The molecule has 0 radical (unpaired) electrons. The number of rotatable bonds is 7. The van der Waals surface area contributed by atoms with Crippen molar-refractivity contribution in [3.8, 4) is 0 Å². The molecule has 1 N–H and O–H groups in total. The Morgan fingerprint density at radius 2 is 1.56 bits per heavy atom. The van der Waals surface area contributed by atoms with E-state index in [1.54, 1.807) is 24.3 Å². The predicted octanol–water partition coefficient (Wildman–Crippen LogP) is 2.98. The summed E-state index contributed by atoms with van der Waals surface area (Å²) < 4.78 is 26.7. The van der Waals surface area contributed by atoms with E-state index in [0.717, 1.165) is 16.3 Å². The van der Waals surface area contributed by atoms with Crippen molar-refractivity contribution in [2.75, 3.05) is 25.4 Å². The molecule has 2 aromatic carbocycles. The number of benzene rings is 2. The number of aryl methyl sites for hydroxylation is 1. The lowest BCUT2D eigenvalue weighted by atomic mass is 10.0. The third kappa shape index (κ3) is 4.87. The summed E-state index contributed by atoms with van der Waals surface area (Å²) in [4.78, 5) is 12.5. The third-order valence-electron chi connectivity index (χ3n) is 4.54. The number of amides is 1. The van der Waals surface area contributed by atoms with E-state index in [0.29, 0.717) is 11.3 Å². The molecular weight excluding hydrogens is 362 g/mol. The monoisotopic (exact) mass is 389 g/mol. The molecule has 7 heteroatoms. The summed E-state index contributed by atoms with van der Waals surface area (Å²) in [7, 11) is 0.869. The van der Waals surface area contributed by atoms with Gasteiger partial charge in [-0.25, -0.2) is 0 Å². The van der Waals surface area contributed by atoms with Crippen molar-refractivity contribution in [3.63, 3.8) is 0 Å². The van der Waals surface area contributed by atoms with Crippen LogP contribution in [0.1, 0.15) is 41.4 Å². The summed E-state index contributed by atoms with van der Waals surface area (Å²) in [5.74, 6) is -0.202. The van der Waals surface area contributed by atoms with E-state index in [2.05, 4.69) is 24.4 Å². The first-order chi connectivity index (χ1) is 12.7. The largest absolute Gasteiger partial charge is 0.346 e. The second-order valence-electron chi connectivity index (χ2n) is 6.59. The number of carbonyl (C=O) groups is 1. The van der Waals surface area contributed by atoms with Crippen LogP contribution in [0.4, 0.5) is 5.69 Å². The molecule has 0 aliphatic rings. The zero-order chi connectivity index (χ0) is 20.2. The van der Waals surface area contributed by atoms with Crippen LogP contribution in [-0.4, -0.2) is 39.8 Å². The van der Waals surface area contributed by atoms with Crippen LogP contribution in [0.5, 0.6) is 0 Å². The molecule has 27 heavy (non-hydrogen) atoms. The average molecular weight is 390 g/mol. The molecule has 0 aliphatic heterocycles. The zero-order valence-corrected chi connectivity index (χ0v) is 17.2. The first-order valence-corrected chi connectivity index (χ1v) is 10.2. The Labute approximate surface area is 162 Å². The number of hydrogen-bond acceptors (Lipinski definition) is 3. The van der Waals surface area contributed by atoms with E-state index in [4.69, 9.17) is 0 Å².